The van der Waals surface area contributed by atoms with E-state index < -0.39 is 30.2 Å². The lowest BCUT2D eigenvalue weighted by Gasteiger charge is -2.24. The first kappa shape index (κ1) is 26.6. The van der Waals surface area contributed by atoms with Crippen LogP contribution in [0.25, 0.3) is 5.69 Å². The number of methoxy groups -OCH3 is 1. The van der Waals surface area contributed by atoms with Crippen LogP contribution in [0.15, 0.2) is 40.8 Å². The molecule has 0 amide bonds. The zero-order valence-electron chi connectivity index (χ0n) is 20.6. The molecule has 0 bridgehead atoms. The Bertz CT molecular complexity index is 1540. The Labute approximate surface area is 224 Å². The number of alkyl halides is 3. The maximum Gasteiger partial charge on any atom is 0.452 e. The van der Waals surface area contributed by atoms with E-state index in [-0.39, 0.29) is 42.6 Å². The Balaban J connectivity index is 1.67. The molecule has 10 nitrogen and oxygen atoms in total. The van der Waals surface area contributed by atoms with E-state index in [4.69, 9.17) is 30.6 Å². The van der Waals surface area contributed by atoms with Gasteiger partial charge in [0.25, 0.3) is 0 Å². The molecule has 3 heterocycles. The number of carboxylic acid groups (broad SMARTS) is 1. The van der Waals surface area contributed by atoms with Gasteiger partial charge in [-0.2, -0.15) is 13.2 Å². The predicted octanol–water partition coefficient (Wildman–Crippen LogP) is 5.06. The van der Waals surface area contributed by atoms with E-state index in [1.807, 2.05) is 6.92 Å². The fourth-order valence-corrected chi connectivity index (χ4v) is 4.71. The van der Waals surface area contributed by atoms with Crippen molar-refractivity contribution in [2.45, 2.75) is 44.6 Å². The van der Waals surface area contributed by atoms with Gasteiger partial charge < -0.3 is 19.0 Å². The number of ether oxygens (including phenoxy) is 2. The first-order chi connectivity index (χ1) is 18.6. The Kier molecular flexibility index (Phi) is 7.03. The third-order valence-corrected chi connectivity index (χ3v) is 6.53. The van der Waals surface area contributed by atoms with E-state index in [1.165, 1.54) is 19.2 Å². The van der Waals surface area contributed by atoms with Crippen LogP contribution >= 0.6 is 11.6 Å². The molecule has 0 saturated carbocycles. The summed E-state index contributed by atoms with van der Waals surface area (Å²) in [6, 6.07) is 9.79. The first-order valence-corrected chi connectivity index (χ1v) is 12.1. The zero-order chi connectivity index (χ0) is 27.9. The van der Waals surface area contributed by atoms with Crippen LogP contribution in [0, 0.1) is 6.92 Å². The molecule has 1 N–H and O–H groups in total. The number of nitrogens with zero attached hydrogens (tertiary/aromatic N) is 5. The standard InChI is InChI=1S/C25H21ClF3N5O5/c1-12-14(4-3-5-17(12)37-2)22-15-10-13(26)6-7-16(15)34-23(32-33-24(34)25(27,28)29)18(38-22)11-20-31-30-19(39-20)8-9-21(35)36/h3-7,10,18,22H,8-9,11H2,1-2H3,(H,35,36)/t18-,22-/m1/s1. The molecule has 0 radical (unpaired) electrons. The van der Waals surface area contributed by atoms with Crippen molar-refractivity contribution < 1.29 is 37.0 Å². The van der Waals surface area contributed by atoms with Gasteiger partial charge in [-0.15, -0.1) is 20.4 Å². The van der Waals surface area contributed by atoms with Crippen LogP contribution in [0.4, 0.5) is 13.2 Å². The minimum atomic E-state index is -4.83. The number of benzene rings is 2. The van der Waals surface area contributed by atoms with Crippen molar-refractivity contribution >= 4 is 17.6 Å². The van der Waals surface area contributed by atoms with Gasteiger partial charge >= 0.3 is 12.1 Å². The van der Waals surface area contributed by atoms with Gasteiger partial charge in [0.2, 0.25) is 17.6 Å². The second-order valence-corrected chi connectivity index (χ2v) is 9.22. The van der Waals surface area contributed by atoms with Crippen LogP contribution in [0.1, 0.15) is 58.7 Å². The first-order valence-electron chi connectivity index (χ1n) is 11.7. The normalized spacial score (nSPS) is 16.9. The van der Waals surface area contributed by atoms with Crippen LogP contribution < -0.4 is 4.74 Å². The summed E-state index contributed by atoms with van der Waals surface area (Å²) in [6.07, 6.45) is -7.22. The quantitative estimate of drug-likeness (QED) is 0.328. The number of aryl methyl sites for hydroxylation is 1. The SMILES string of the molecule is COc1cccc([C@H]2O[C@H](Cc3nnc(CCC(=O)O)o3)c3nnc(C(F)(F)F)n3-c3ccc(Cl)cc32)c1C. The molecule has 2 aromatic carbocycles. The van der Waals surface area contributed by atoms with Gasteiger partial charge in [-0.25, -0.2) is 0 Å². The highest BCUT2D eigenvalue weighted by molar-refractivity contribution is 6.30. The van der Waals surface area contributed by atoms with Crippen molar-refractivity contribution in [2.75, 3.05) is 7.11 Å². The van der Waals surface area contributed by atoms with Gasteiger partial charge in [-0.3, -0.25) is 9.36 Å². The number of rotatable bonds is 7. The molecule has 39 heavy (non-hydrogen) atoms. The smallest absolute Gasteiger partial charge is 0.452 e. The van der Waals surface area contributed by atoms with Gasteiger partial charge in [0.1, 0.15) is 18.0 Å². The van der Waals surface area contributed by atoms with Crippen molar-refractivity contribution in [2.24, 2.45) is 0 Å². The van der Waals surface area contributed by atoms with E-state index in [2.05, 4.69) is 20.4 Å². The second-order valence-electron chi connectivity index (χ2n) is 8.78. The minimum Gasteiger partial charge on any atom is -0.496 e. The molecule has 14 heteroatoms. The molecule has 0 fully saturated rings. The van der Waals surface area contributed by atoms with E-state index >= 15 is 0 Å². The summed E-state index contributed by atoms with van der Waals surface area (Å²) in [6.45, 7) is 1.82. The van der Waals surface area contributed by atoms with Crippen molar-refractivity contribution in [1.82, 2.24) is 25.0 Å². The second kappa shape index (κ2) is 10.3. The average molecular weight is 564 g/mol. The Hall–Kier alpha value is -3.97. The van der Waals surface area contributed by atoms with Gasteiger partial charge in [0, 0.05) is 17.0 Å². The molecule has 2 atom stereocenters. The number of hydrogen-bond donors (Lipinski definition) is 1. The molecule has 0 aliphatic carbocycles. The van der Waals surface area contributed by atoms with Gasteiger partial charge in [0.15, 0.2) is 5.82 Å². The summed E-state index contributed by atoms with van der Waals surface area (Å²) < 4.78 is 60.8. The molecular weight excluding hydrogens is 543 g/mol. The summed E-state index contributed by atoms with van der Waals surface area (Å²) in [5, 5.41) is 24.3. The average Bonchev–Trinajstić information content (AvgIpc) is 3.50. The molecule has 0 saturated heterocycles. The summed E-state index contributed by atoms with van der Waals surface area (Å²) in [4.78, 5) is 10.9. The van der Waals surface area contributed by atoms with E-state index in [1.54, 1.807) is 24.3 Å². The number of carbonyl (C=O) groups is 1. The fourth-order valence-electron chi connectivity index (χ4n) is 4.52. The van der Waals surface area contributed by atoms with Crippen LogP contribution in [-0.2, 0) is 28.5 Å². The van der Waals surface area contributed by atoms with Crippen molar-refractivity contribution in [1.29, 1.82) is 0 Å². The van der Waals surface area contributed by atoms with Crippen molar-refractivity contribution in [3.05, 3.63) is 81.5 Å². The van der Waals surface area contributed by atoms with Crippen LogP contribution in [0.5, 0.6) is 5.75 Å². The molecular formula is C25H21ClF3N5O5. The molecule has 0 spiro atoms. The van der Waals surface area contributed by atoms with Crippen LogP contribution in [0.2, 0.25) is 5.02 Å². The summed E-state index contributed by atoms with van der Waals surface area (Å²) in [7, 11) is 1.52. The number of carboxylic acids is 1. The third-order valence-electron chi connectivity index (χ3n) is 6.29. The van der Waals surface area contributed by atoms with E-state index in [9.17, 15) is 18.0 Å². The Morgan fingerprint density at radius 3 is 2.62 bits per heavy atom. The monoisotopic (exact) mass is 563 g/mol. The summed E-state index contributed by atoms with van der Waals surface area (Å²) >= 11 is 6.31. The van der Waals surface area contributed by atoms with Crippen LogP contribution in [0.3, 0.4) is 0 Å². The number of aliphatic carboxylic acids is 1. The maximum absolute atomic E-state index is 14.1. The molecule has 1 aliphatic heterocycles. The fraction of sp³-hybridized carbons (Fsp3) is 0.320. The lowest BCUT2D eigenvalue weighted by Crippen LogP contribution is -2.17. The molecule has 4 aromatic rings. The van der Waals surface area contributed by atoms with Crippen molar-refractivity contribution in [3.8, 4) is 11.4 Å². The van der Waals surface area contributed by atoms with Gasteiger partial charge in [-0.05, 0) is 42.3 Å². The highest BCUT2D eigenvalue weighted by atomic mass is 35.5. The number of halogens is 4. The number of aromatic nitrogens is 5. The van der Waals surface area contributed by atoms with Crippen LogP contribution in [-0.4, -0.2) is 43.1 Å². The largest absolute Gasteiger partial charge is 0.496 e. The lowest BCUT2D eigenvalue weighted by molar-refractivity contribution is -0.146. The molecule has 0 unspecified atom stereocenters. The van der Waals surface area contributed by atoms with E-state index in [0.29, 0.717) is 21.9 Å². The Morgan fingerprint density at radius 1 is 1.13 bits per heavy atom. The van der Waals surface area contributed by atoms with Crippen molar-refractivity contribution in [3.63, 3.8) is 0 Å². The maximum atomic E-state index is 14.1. The summed E-state index contributed by atoms with van der Waals surface area (Å²) in [5.41, 5.74) is 1.87. The summed E-state index contributed by atoms with van der Waals surface area (Å²) in [5.74, 6) is -1.72. The van der Waals surface area contributed by atoms with Gasteiger partial charge in [0.05, 0.1) is 25.6 Å². The molecule has 2 aromatic heterocycles. The molecule has 5 rings (SSSR count). The van der Waals surface area contributed by atoms with E-state index in [0.717, 1.165) is 10.1 Å². The number of fused-ring (bicyclic) bond motifs is 3. The van der Waals surface area contributed by atoms with Gasteiger partial charge in [-0.1, -0.05) is 23.7 Å². The zero-order valence-corrected chi connectivity index (χ0v) is 21.3. The highest BCUT2D eigenvalue weighted by Crippen LogP contribution is 2.45. The Morgan fingerprint density at radius 2 is 1.90 bits per heavy atom. The third kappa shape index (κ3) is 5.19. The molecule has 1 aliphatic rings. The lowest BCUT2D eigenvalue weighted by atomic mass is 9.95. The highest BCUT2D eigenvalue weighted by Gasteiger charge is 2.43. The molecule has 204 valence electrons. The minimum absolute atomic E-state index is 0.00215. The predicted molar refractivity (Wildman–Crippen MR) is 129 cm³/mol. The number of hydrogen-bond acceptors (Lipinski definition) is 8. The topological polar surface area (TPSA) is 125 Å².